The van der Waals surface area contributed by atoms with Crippen molar-refractivity contribution in [1.82, 2.24) is 10.2 Å². The first kappa shape index (κ1) is 20.6. The van der Waals surface area contributed by atoms with Gasteiger partial charge in [-0.3, -0.25) is 44.0 Å². The second-order valence-electron chi connectivity index (χ2n) is 6.63. The molecule has 0 radical (unpaired) electrons. The largest absolute Gasteiger partial charge is 0.481 e. The van der Waals surface area contributed by atoms with E-state index in [-0.39, 0.29) is 12.4 Å². The number of guanidine groups is 1. The maximum absolute atomic E-state index is 12.1. The second kappa shape index (κ2) is 7.52. The Morgan fingerprint density at radius 3 is 2.93 bits per heavy atom. The summed E-state index contributed by atoms with van der Waals surface area (Å²) >= 11 is 0. The maximum Gasteiger partial charge on any atom is 0.472 e. The monoisotopic (exact) mass is 445 g/mol. The number of phosphoric acid groups is 1. The molecule has 4 aliphatic rings. The van der Waals surface area contributed by atoms with Crippen molar-refractivity contribution in [3.05, 3.63) is 0 Å². The predicted molar refractivity (Wildman–Crippen MR) is 93.5 cm³/mol. The number of amidine groups is 1. The van der Waals surface area contributed by atoms with Crippen molar-refractivity contribution in [2.75, 3.05) is 6.61 Å². The molecule has 2 unspecified atom stereocenters. The van der Waals surface area contributed by atoms with Crippen molar-refractivity contribution in [1.29, 1.82) is 5.41 Å². The normalized spacial score (nSPS) is 37.3. The van der Waals surface area contributed by atoms with Gasteiger partial charge in [0.25, 0.3) is 5.91 Å². The van der Waals surface area contributed by atoms with Gasteiger partial charge in [0.05, 0.1) is 25.8 Å². The Labute approximate surface area is 167 Å². The Morgan fingerprint density at radius 1 is 1.43 bits per heavy atom. The number of phosphoric ester groups is 1. The number of aliphatic imine (C=N–C) groups is 2. The van der Waals surface area contributed by atoms with E-state index in [4.69, 9.17) is 29.0 Å². The number of nitrogens with zero attached hydrogens (tertiary/aromatic N) is 3. The van der Waals surface area contributed by atoms with Gasteiger partial charge in [-0.1, -0.05) is 0 Å². The van der Waals surface area contributed by atoms with Crippen LogP contribution in [0.25, 0.3) is 0 Å². The molecule has 0 saturated carbocycles. The summed E-state index contributed by atoms with van der Waals surface area (Å²) in [6.07, 6.45) is -4.32. The summed E-state index contributed by atoms with van der Waals surface area (Å²) in [5.74, 6) is -3.09. The number of carbonyl (C=O) groups is 3. The van der Waals surface area contributed by atoms with Gasteiger partial charge >= 0.3 is 19.8 Å². The average Bonchev–Trinajstić information content (AvgIpc) is 3.21. The Morgan fingerprint density at radius 2 is 2.20 bits per heavy atom. The summed E-state index contributed by atoms with van der Waals surface area (Å²) in [5, 5.41) is 18.6. The number of rotatable bonds is 5. The zero-order valence-corrected chi connectivity index (χ0v) is 15.9. The molecule has 30 heavy (non-hydrogen) atoms. The highest BCUT2D eigenvalue weighted by molar-refractivity contribution is 7.47. The molecule has 6 atom stereocenters. The molecule has 0 aromatic rings. The Kier molecular flexibility index (Phi) is 5.15. The molecule has 0 aromatic carbocycles. The molecule has 4 aliphatic heterocycles. The number of hydrogen-bond donors (Lipinski definition) is 4. The van der Waals surface area contributed by atoms with E-state index in [1.807, 2.05) is 0 Å². The minimum absolute atomic E-state index is 0.0343. The molecule has 4 rings (SSSR count). The summed E-state index contributed by atoms with van der Waals surface area (Å²) in [4.78, 5) is 53.7. The number of carbonyl (C=O) groups excluding carboxylic acids is 2. The molecule has 1 amide bonds. The smallest absolute Gasteiger partial charge is 0.472 e. The van der Waals surface area contributed by atoms with Crippen LogP contribution in [-0.4, -0.2) is 88.1 Å². The van der Waals surface area contributed by atoms with Gasteiger partial charge in [-0.25, -0.2) is 4.57 Å². The number of esters is 1. The van der Waals surface area contributed by atoms with Gasteiger partial charge in [0.15, 0.2) is 24.2 Å². The van der Waals surface area contributed by atoms with E-state index < -0.39 is 75.1 Å². The predicted octanol–water partition coefficient (Wildman–Crippen LogP) is -1.82. The van der Waals surface area contributed by atoms with Crippen molar-refractivity contribution in [2.45, 2.75) is 43.4 Å². The van der Waals surface area contributed by atoms with Crippen LogP contribution in [0.15, 0.2) is 9.98 Å². The zero-order chi connectivity index (χ0) is 21.6. The van der Waals surface area contributed by atoms with E-state index in [0.717, 1.165) is 0 Å². The Hall–Kier alpha value is -2.71. The van der Waals surface area contributed by atoms with Gasteiger partial charge in [0.2, 0.25) is 5.96 Å². The lowest BCUT2D eigenvalue weighted by atomic mass is 10.1. The lowest BCUT2D eigenvalue weighted by Gasteiger charge is -2.31. The summed E-state index contributed by atoms with van der Waals surface area (Å²) < 4.78 is 32.7. The van der Waals surface area contributed by atoms with Gasteiger partial charge in [-0.15, -0.1) is 0 Å². The van der Waals surface area contributed by atoms with Crippen LogP contribution in [0.3, 0.4) is 0 Å². The molecule has 4 N–H and O–H groups in total. The van der Waals surface area contributed by atoms with Crippen LogP contribution in [0, 0.1) is 5.41 Å². The third-order valence-corrected chi connectivity index (χ3v) is 5.58. The fourth-order valence-electron chi connectivity index (χ4n) is 3.32. The van der Waals surface area contributed by atoms with Crippen LogP contribution in [0.2, 0.25) is 0 Å². The molecular weight excluding hydrogens is 429 g/mol. The van der Waals surface area contributed by atoms with Crippen molar-refractivity contribution < 1.29 is 47.5 Å². The van der Waals surface area contributed by atoms with Gasteiger partial charge < -0.3 is 19.5 Å². The number of fused-ring (bicyclic) bond motifs is 2. The fraction of sp³-hybridized carbons (Fsp3) is 0.571. The van der Waals surface area contributed by atoms with Crippen LogP contribution >= 0.6 is 7.82 Å². The molecule has 162 valence electrons. The first-order valence-corrected chi connectivity index (χ1v) is 10.2. The van der Waals surface area contributed by atoms with Crippen molar-refractivity contribution in [2.24, 2.45) is 9.98 Å². The summed E-state index contributed by atoms with van der Waals surface area (Å²) in [5.41, 5.74) is 0. The quantitative estimate of drug-likeness (QED) is 0.273. The Bertz CT molecular complexity index is 921. The first-order chi connectivity index (χ1) is 14.1. The molecule has 15 nitrogen and oxygen atoms in total. The van der Waals surface area contributed by atoms with Crippen molar-refractivity contribution >= 4 is 43.8 Å². The van der Waals surface area contributed by atoms with Crippen LogP contribution in [0.1, 0.15) is 12.8 Å². The highest BCUT2D eigenvalue weighted by Crippen LogP contribution is 2.52. The number of aliphatic carboxylic acids is 1. The SMILES string of the molecule is N=C1N=C2C(N=CN2[C@@H]2O[C@@H]3COP(=O)(O)O[C@H]3[C@H]2OC(=O)CCC(=O)O)C(=O)N1. The molecule has 2 saturated heterocycles. The van der Waals surface area contributed by atoms with Crippen LogP contribution < -0.4 is 5.32 Å². The molecule has 0 aromatic heterocycles. The Balaban J connectivity index is 1.60. The molecule has 0 spiro atoms. The molecule has 0 aliphatic carbocycles. The number of carboxylic acids is 1. The minimum atomic E-state index is -4.42. The summed E-state index contributed by atoms with van der Waals surface area (Å²) in [6.45, 7) is -0.338. The van der Waals surface area contributed by atoms with E-state index in [1.54, 1.807) is 0 Å². The second-order valence-corrected chi connectivity index (χ2v) is 8.04. The zero-order valence-electron chi connectivity index (χ0n) is 15.0. The van der Waals surface area contributed by atoms with Crippen LogP contribution in [0.4, 0.5) is 0 Å². The number of nitrogens with one attached hydrogen (secondary N) is 2. The maximum atomic E-state index is 12.1. The van der Waals surface area contributed by atoms with Gasteiger partial charge in [0, 0.05) is 0 Å². The lowest BCUT2D eigenvalue weighted by molar-refractivity contribution is -0.159. The highest BCUT2D eigenvalue weighted by Gasteiger charge is 2.57. The third kappa shape index (κ3) is 3.85. The number of ether oxygens (including phenoxy) is 2. The van der Waals surface area contributed by atoms with Gasteiger partial charge in [-0.05, 0) is 0 Å². The molecular formula is C14H16N5O10P. The first-order valence-electron chi connectivity index (χ1n) is 8.67. The summed E-state index contributed by atoms with van der Waals surface area (Å²) in [7, 11) is -4.42. The minimum Gasteiger partial charge on any atom is -0.481 e. The van der Waals surface area contributed by atoms with E-state index in [0.29, 0.717) is 0 Å². The van der Waals surface area contributed by atoms with Gasteiger partial charge in [-0.2, -0.15) is 4.99 Å². The van der Waals surface area contributed by atoms with E-state index in [9.17, 15) is 23.8 Å². The van der Waals surface area contributed by atoms with Crippen LogP contribution in [0.5, 0.6) is 0 Å². The molecule has 0 bridgehead atoms. The highest BCUT2D eigenvalue weighted by atomic mass is 31.2. The van der Waals surface area contributed by atoms with Crippen LogP contribution in [-0.2, 0) is 37.5 Å². The third-order valence-electron chi connectivity index (χ3n) is 4.59. The lowest BCUT2D eigenvalue weighted by Crippen LogP contribution is -2.54. The van der Waals surface area contributed by atoms with E-state index >= 15 is 0 Å². The number of amides is 1. The molecule has 16 heteroatoms. The molecule has 2 fully saturated rings. The topological polar surface area (TPSA) is 210 Å². The van der Waals surface area contributed by atoms with E-state index in [1.165, 1.54) is 11.2 Å². The number of carboxylic acid groups (broad SMARTS) is 1. The molecule has 4 heterocycles. The van der Waals surface area contributed by atoms with Crippen molar-refractivity contribution in [3.8, 4) is 0 Å². The summed E-state index contributed by atoms with van der Waals surface area (Å²) in [6, 6.07) is -1.05. The van der Waals surface area contributed by atoms with E-state index in [2.05, 4.69) is 15.3 Å². The van der Waals surface area contributed by atoms with Gasteiger partial charge in [0.1, 0.15) is 12.2 Å². The average molecular weight is 445 g/mol. The standard InChI is InChI=1S/C14H16N5O10P/c15-14-17-11-8(12(23)18-14)16-4-19(11)13-10(28-7(22)2-1-6(20)21)9-5(27-13)3-26-30(24,25)29-9/h4-5,8-10,13H,1-3H2,(H,20,21)(H,24,25)(H2,15,18,23)/t5-,8?,9-,10-,13-/m1/s1. The number of hydrogen-bond acceptors (Lipinski definition) is 11. The fourth-order valence-corrected chi connectivity index (χ4v) is 4.28. The van der Waals surface area contributed by atoms with Crippen molar-refractivity contribution in [3.63, 3.8) is 0 Å².